The highest BCUT2D eigenvalue weighted by Crippen LogP contribution is 2.35. The number of nitrogens with zero attached hydrogens (tertiary/aromatic N) is 2. The van der Waals surface area contributed by atoms with Gasteiger partial charge in [0.2, 0.25) is 0 Å². The predicted molar refractivity (Wildman–Crippen MR) is 104 cm³/mol. The summed E-state index contributed by atoms with van der Waals surface area (Å²) < 4.78 is 5.35. The van der Waals surface area contributed by atoms with Gasteiger partial charge < -0.3 is 14.7 Å². The topological polar surface area (TPSA) is 53.0 Å². The summed E-state index contributed by atoms with van der Waals surface area (Å²) in [6.07, 6.45) is 2.24. The van der Waals surface area contributed by atoms with Crippen LogP contribution in [-0.4, -0.2) is 49.4 Å². The molecule has 1 fully saturated rings. The molecule has 0 aromatic heterocycles. The van der Waals surface area contributed by atoms with Crippen molar-refractivity contribution in [2.24, 2.45) is 0 Å². The standard InChI is InChI=1S/C21H26N2O3/c1-22-13-6-9-17(22)12-14-23(21(24)25)20-11-10-18(26-2)15-19(20)16-7-4-3-5-8-16/h3-5,7-8,10-11,15,17H,6,9,12-14H2,1-2H3,(H,24,25). The third-order valence-electron chi connectivity index (χ3n) is 5.17. The Morgan fingerprint density at radius 1 is 1.27 bits per heavy atom. The number of carboxylic acid groups (broad SMARTS) is 1. The van der Waals surface area contributed by atoms with Gasteiger partial charge in [-0.3, -0.25) is 4.90 Å². The van der Waals surface area contributed by atoms with Crippen LogP contribution in [0.1, 0.15) is 19.3 Å². The lowest BCUT2D eigenvalue weighted by Gasteiger charge is -2.26. The lowest BCUT2D eigenvalue weighted by molar-refractivity contribution is 0.200. The maximum atomic E-state index is 12.0. The van der Waals surface area contributed by atoms with Crippen LogP contribution in [0.3, 0.4) is 0 Å². The van der Waals surface area contributed by atoms with Gasteiger partial charge in [-0.05, 0) is 56.6 Å². The number of benzene rings is 2. The molecule has 1 N–H and O–H groups in total. The molecule has 0 spiro atoms. The van der Waals surface area contributed by atoms with E-state index in [1.807, 2.05) is 48.5 Å². The third kappa shape index (κ3) is 3.99. The van der Waals surface area contributed by atoms with Gasteiger partial charge in [-0.2, -0.15) is 0 Å². The molecule has 1 atom stereocenters. The summed E-state index contributed by atoms with van der Waals surface area (Å²) in [7, 11) is 3.74. The zero-order valence-electron chi connectivity index (χ0n) is 15.4. The van der Waals surface area contributed by atoms with Crippen LogP contribution in [0.15, 0.2) is 48.5 Å². The van der Waals surface area contributed by atoms with Crippen molar-refractivity contribution in [2.45, 2.75) is 25.3 Å². The molecule has 1 heterocycles. The Balaban J connectivity index is 1.92. The van der Waals surface area contributed by atoms with E-state index in [0.29, 0.717) is 24.0 Å². The van der Waals surface area contributed by atoms with Crippen LogP contribution in [-0.2, 0) is 0 Å². The lowest BCUT2D eigenvalue weighted by atomic mass is 10.0. The molecule has 1 aliphatic heterocycles. The van der Waals surface area contributed by atoms with Gasteiger partial charge in [-0.25, -0.2) is 4.79 Å². The molecule has 5 heteroatoms. The molecule has 26 heavy (non-hydrogen) atoms. The molecular formula is C21H26N2O3. The van der Waals surface area contributed by atoms with Crippen LogP contribution < -0.4 is 9.64 Å². The number of rotatable bonds is 6. The van der Waals surface area contributed by atoms with E-state index in [-0.39, 0.29) is 0 Å². The van der Waals surface area contributed by atoms with Gasteiger partial charge in [0, 0.05) is 18.2 Å². The van der Waals surface area contributed by atoms with Crippen LogP contribution in [0.5, 0.6) is 5.75 Å². The van der Waals surface area contributed by atoms with Crippen molar-refractivity contribution >= 4 is 11.8 Å². The molecular weight excluding hydrogens is 328 g/mol. The molecule has 1 unspecified atom stereocenters. The zero-order valence-corrected chi connectivity index (χ0v) is 15.4. The van der Waals surface area contributed by atoms with Crippen LogP contribution >= 0.6 is 0 Å². The quantitative estimate of drug-likeness (QED) is 0.839. The summed E-state index contributed by atoms with van der Waals surface area (Å²) in [4.78, 5) is 15.8. The number of likely N-dealkylation sites (tertiary alicyclic amines) is 1. The van der Waals surface area contributed by atoms with Gasteiger partial charge in [0.05, 0.1) is 12.8 Å². The zero-order chi connectivity index (χ0) is 18.5. The van der Waals surface area contributed by atoms with Crippen molar-refractivity contribution in [3.05, 3.63) is 48.5 Å². The second-order valence-corrected chi connectivity index (χ2v) is 6.75. The Bertz CT molecular complexity index is 748. The molecule has 2 aromatic rings. The highest BCUT2D eigenvalue weighted by molar-refractivity contribution is 5.93. The van der Waals surface area contributed by atoms with E-state index in [4.69, 9.17) is 4.74 Å². The van der Waals surface area contributed by atoms with Crippen LogP contribution in [0.2, 0.25) is 0 Å². The number of hydrogen-bond donors (Lipinski definition) is 1. The average Bonchev–Trinajstić information content (AvgIpc) is 3.07. The highest BCUT2D eigenvalue weighted by Gasteiger charge is 2.25. The van der Waals surface area contributed by atoms with E-state index in [1.54, 1.807) is 7.11 Å². The Hall–Kier alpha value is -2.53. The molecule has 1 aliphatic rings. The maximum Gasteiger partial charge on any atom is 0.411 e. The minimum atomic E-state index is -0.923. The Kier molecular flexibility index (Phi) is 5.78. The monoisotopic (exact) mass is 354 g/mol. The molecule has 2 aromatic carbocycles. The van der Waals surface area contributed by atoms with E-state index in [9.17, 15) is 9.90 Å². The Labute approximate surface area is 154 Å². The smallest absolute Gasteiger partial charge is 0.411 e. The van der Waals surface area contributed by atoms with Crippen molar-refractivity contribution < 1.29 is 14.6 Å². The van der Waals surface area contributed by atoms with Crippen LogP contribution in [0.4, 0.5) is 10.5 Å². The van der Waals surface area contributed by atoms with Crippen LogP contribution in [0.25, 0.3) is 11.1 Å². The molecule has 138 valence electrons. The van der Waals surface area contributed by atoms with Crippen molar-refractivity contribution in [3.8, 4) is 16.9 Å². The van der Waals surface area contributed by atoms with Gasteiger partial charge in [0.25, 0.3) is 0 Å². The molecule has 0 saturated carbocycles. The average molecular weight is 354 g/mol. The van der Waals surface area contributed by atoms with E-state index < -0.39 is 6.09 Å². The number of hydrogen-bond acceptors (Lipinski definition) is 3. The summed E-state index contributed by atoms with van der Waals surface area (Å²) in [5, 5.41) is 9.85. The molecule has 5 nitrogen and oxygen atoms in total. The lowest BCUT2D eigenvalue weighted by Crippen LogP contribution is -2.35. The van der Waals surface area contributed by atoms with Gasteiger partial charge in [-0.15, -0.1) is 0 Å². The van der Waals surface area contributed by atoms with E-state index in [2.05, 4.69) is 11.9 Å². The SMILES string of the molecule is COc1ccc(N(CCC2CCCN2C)C(=O)O)c(-c2ccccc2)c1. The fourth-order valence-corrected chi connectivity index (χ4v) is 3.67. The summed E-state index contributed by atoms with van der Waals surface area (Å²) in [6.45, 7) is 1.58. The summed E-state index contributed by atoms with van der Waals surface area (Å²) in [5.41, 5.74) is 2.54. The molecule has 0 radical (unpaired) electrons. The first kappa shape index (κ1) is 18.3. The number of methoxy groups -OCH3 is 1. The van der Waals surface area contributed by atoms with E-state index >= 15 is 0 Å². The fraction of sp³-hybridized carbons (Fsp3) is 0.381. The first-order valence-electron chi connectivity index (χ1n) is 9.04. The van der Waals surface area contributed by atoms with Crippen LogP contribution in [0, 0.1) is 0 Å². The van der Waals surface area contributed by atoms with Gasteiger partial charge >= 0.3 is 6.09 Å². The minimum absolute atomic E-state index is 0.454. The van der Waals surface area contributed by atoms with Gasteiger partial charge in [-0.1, -0.05) is 30.3 Å². The van der Waals surface area contributed by atoms with Crippen molar-refractivity contribution in [1.82, 2.24) is 4.90 Å². The molecule has 0 bridgehead atoms. The van der Waals surface area contributed by atoms with Crippen molar-refractivity contribution in [3.63, 3.8) is 0 Å². The summed E-state index contributed by atoms with van der Waals surface area (Å²) >= 11 is 0. The fourth-order valence-electron chi connectivity index (χ4n) is 3.67. The summed E-state index contributed by atoms with van der Waals surface area (Å²) in [6, 6.07) is 15.9. The second kappa shape index (κ2) is 8.23. The van der Waals surface area contributed by atoms with Crippen molar-refractivity contribution in [2.75, 3.05) is 32.1 Å². The predicted octanol–water partition coefficient (Wildman–Crippen LogP) is 4.33. The Morgan fingerprint density at radius 2 is 2.04 bits per heavy atom. The largest absolute Gasteiger partial charge is 0.497 e. The van der Waals surface area contributed by atoms with E-state index in [1.165, 1.54) is 11.3 Å². The van der Waals surface area contributed by atoms with Crippen molar-refractivity contribution in [1.29, 1.82) is 0 Å². The number of carbonyl (C=O) groups is 1. The molecule has 1 saturated heterocycles. The third-order valence-corrected chi connectivity index (χ3v) is 5.17. The van der Waals surface area contributed by atoms with Gasteiger partial charge in [0.1, 0.15) is 5.75 Å². The van der Waals surface area contributed by atoms with E-state index in [0.717, 1.165) is 30.5 Å². The normalized spacial score (nSPS) is 17.2. The number of ether oxygens (including phenoxy) is 1. The Morgan fingerprint density at radius 3 is 2.65 bits per heavy atom. The van der Waals surface area contributed by atoms with Gasteiger partial charge in [0.15, 0.2) is 0 Å². The molecule has 3 rings (SSSR count). The molecule has 1 amide bonds. The minimum Gasteiger partial charge on any atom is -0.497 e. The second-order valence-electron chi connectivity index (χ2n) is 6.75. The first-order chi connectivity index (χ1) is 12.6. The summed E-state index contributed by atoms with van der Waals surface area (Å²) in [5.74, 6) is 0.716. The molecule has 0 aliphatic carbocycles. The highest BCUT2D eigenvalue weighted by atomic mass is 16.5. The first-order valence-corrected chi connectivity index (χ1v) is 9.04. The maximum absolute atomic E-state index is 12.0. The number of anilines is 1. The number of amides is 1.